The summed E-state index contributed by atoms with van der Waals surface area (Å²) in [4.78, 5) is 23.1. The van der Waals surface area contributed by atoms with E-state index in [1.165, 1.54) is 0 Å². The van der Waals surface area contributed by atoms with E-state index in [0.29, 0.717) is 11.8 Å². The lowest BCUT2D eigenvalue weighted by atomic mass is 9.97. The fourth-order valence-corrected chi connectivity index (χ4v) is 1.36. The van der Waals surface area contributed by atoms with Gasteiger partial charge in [0.05, 0.1) is 6.42 Å². The zero-order valence-corrected chi connectivity index (χ0v) is 9.71. The molecule has 0 aromatic heterocycles. The summed E-state index contributed by atoms with van der Waals surface area (Å²) in [6.45, 7) is 5.50. The predicted octanol–water partition coefficient (Wildman–Crippen LogP) is 2.18. The largest absolute Gasteiger partial charge is 0.443 e. The quantitative estimate of drug-likeness (QED) is 0.654. The highest BCUT2D eigenvalue weighted by atomic mass is 19.3. The molecule has 92 valence electrons. The lowest BCUT2D eigenvalue weighted by molar-refractivity contribution is -0.163. The Morgan fingerprint density at radius 3 is 2.19 bits per heavy atom. The molecule has 0 saturated carbocycles. The van der Waals surface area contributed by atoms with Gasteiger partial charge in [-0.2, -0.15) is 0 Å². The smallest absolute Gasteiger partial charge is 0.417 e. The molecule has 2 amide bonds. The highest BCUT2D eigenvalue weighted by Crippen LogP contribution is 2.34. The molecule has 1 atom stereocenters. The molecule has 1 saturated heterocycles. The van der Waals surface area contributed by atoms with Gasteiger partial charge in [-0.3, -0.25) is 4.79 Å². The van der Waals surface area contributed by atoms with Crippen LogP contribution >= 0.6 is 0 Å². The maximum absolute atomic E-state index is 13.0. The molecule has 0 aromatic carbocycles. The van der Waals surface area contributed by atoms with E-state index >= 15 is 0 Å². The molecule has 0 spiro atoms. The molecule has 1 aliphatic heterocycles. The van der Waals surface area contributed by atoms with E-state index in [9.17, 15) is 18.4 Å². The van der Waals surface area contributed by atoms with Crippen LogP contribution < -0.4 is 0 Å². The Balaban J connectivity index is 2.72. The van der Waals surface area contributed by atoms with Crippen molar-refractivity contribution < 1.29 is 23.1 Å². The van der Waals surface area contributed by atoms with Gasteiger partial charge < -0.3 is 4.74 Å². The number of rotatable bonds is 1. The first-order chi connectivity index (χ1) is 7.02. The van der Waals surface area contributed by atoms with Crippen molar-refractivity contribution in [2.75, 3.05) is 0 Å². The molecule has 1 heterocycles. The van der Waals surface area contributed by atoms with Crippen molar-refractivity contribution in [3.05, 3.63) is 0 Å². The lowest BCUT2D eigenvalue weighted by Gasteiger charge is -2.41. The number of imide groups is 1. The van der Waals surface area contributed by atoms with Crippen molar-refractivity contribution in [3.63, 3.8) is 0 Å². The van der Waals surface area contributed by atoms with Crippen LogP contribution in [0.1, 0.15) is 34.1 Å². The van der Waals surface area contributed by atoms with Crippen LogP contribution in [0.5, 0.6) is 0 Å². The van der Waals surface area contributed by atoms with Crippen molar-refractivity contribution in [2.24, 2.45) is 0 Å². The summed E-state index contributed by atoms with van der Waals surface area (Å²) in [5.74, 6) is -3.72. The molecule has 0 N–H and O–H groups in total. The number of carbonyl (C=O) groups excluding carboxylic acids is 2. The molecule has 0 aliphatic carbocycles. The van der Waals surface area contributed by atoms with E-state index in [-0.39, 0.29) is 6.42 Å². The van der Waals surface area contributed by atoms with E-state index in [0.717, 1.165) is 0 Å². The number of halogens is 2. The Labute approximate surface area is 92.5 Å². The summed E-state index contributed by atoms with van der Waals surface area (Å²) in [5.41, 5.74) is -0.805. The van der Waals surface area contributed by atoms with Gasteiger partial charge in [-0.15, -0.1) is 0 Å². The van der Waals surface area contributed by atoms with Crippen LogP contribution in [0.15, 0.2) is 0 Å². The topological polar surface area (TPSA) is 46.6 Å². The van der Waals surface area contributed by atoms with Crippen LogP contribution in [0.3, 0.4) is 0 Å². The first-order valence-corrected chi connectivity index (χ1v) is 4.95. The second-order valence-electron chi connectivity index (χ2n) is 4.92. The average molecular weight is 235 g/mol. The Morgan fingerprint density at radius 2 is 1.88 bits per heavy atom. The van der Waals surface area contributed by atoms with Crippen LogP contribution in [0.25, 0.3) is 0 Å². The second kappa shape index (κ2) is 3.68. The standard InChI is InChI=1S/C10H15F2NO3/c1-9(2,3)16-8(15)13-6(5-7(13)14)10(4,11)12/h6H,5H2,1-4H3/t6-/m1/s1. The van der Waals surface area contributed by atoms with Crippen LogP contribution in [0.4, 0.5) is 13.6 Å². The number of hydrogen-bond acceptors (Lipinski definition) is 3. The van der Waals surface area contributed by atoms with E-state index in [1.54, 1.807) is 20.8 Å². The monoisotopic (exact) mass is 235 g/mol. The Hall–Kier alpha value is -1.20. The third-order valence-corrected chi connectivity index (χ3v) is 2.12. The minimum absolute atomic E-state index is 0.317. The average Bonchev–Trinajstić information content (AvgIpc) is 1.93. The van der Waals surface area contributed by atoms with Gasteiger partial charge >= 0.3 is 6.09 Å². The highest BCUT2D eigenvalue weighted by molar-refractivity contribution is 5.98. The van der Waals surface area contributed by atoms with Crippen LogP contribution in [0.2, 0.25) is 0 Å². The third kappa shape index (κ3) is 2.68. The third-order valence-electron chi connectivity index (χ3n) is 2.12. The molecule has 6 heteroatoms. The number of amides is 2. The van der Waals surface area contributed by atoms with E-state index in [1.807, 2.05) is 0 Å². The van der Waals surface area contributed by atoms with E-state index < -0.39 is 29.6 Å². The minimum Gasteiger partial charge on any atom is -0.443 e. The van der Waals surface area contributed by atoms with Crippen molar-refractivity contribution in [3.8, 4) is 0 Å². The first kappa shape index (κ1) is 12.9. The Kier molecular flexibility index (Phi) is 2.96. The molecule has 1 aliphatic rings. The Morgan fingerprint density at radius 1 is 1.38 bits per heavy atom. The summed E-state index contributed by atoms with van der Waals surface area (Å²) in [6, 6.07) is -1.38. The number of likely N-dealkylation sites (tertiary alicyclic amines) is 1. The van der Waals surface area contributed by atoms with Gasteiger partial charge in [-0.25, -0.2) is 18.5 Å². The molecule has 0 aromatic rings. The molecule has 0 bridgehead atoms. The number of ether oxygens (including phenoxy) is 1. The summed E-state index contributed by atoms with van der Waals surface area (Å²) in [5, 5.41) is 0. The number of carbonyl (C=O) groups is 2. The molecular weight excluding hydrogens is 220 g/mol. The van der Waals surface area contributed by atoms with E-state index in [2.05, 4.69) is 0 Å². The zero-order valence-electron chi connectivity index (χ0n) is 9.71. The normalized spacial score (nSPS) is 21.8. The molecule has 16 heavy (non-hydrogen) atoms. The van der Waals surface area contributed by atoms with Gasteiger partial charge in [0, 0.05) is 6.92 Å². The van der Waals surface area contributed by atoms with Gasteiger partial charge in [0.2, 0.25) is 5.91 Å². The summed E-state index contributed by atoms with van der Waals surface area (Å²) >= 11 is 0. The predicted molar refractivity (Wildman–Crippen MR) is 52.1 cm³/mol. The lowest BCUT2D eigenvalue weighted by Crippen LogP contribution is -2.62. The van der Waals surface area contributed by atoms with Gasteiger partial charge in [-0.05, 0) is 20.8 Å². The first-order valence-electron chi connectivity index (χ1n) is 4.95. The SMILES string of the molecule is CC(C)(C)OC(=O)N1C(=O)C[C@@H]1C(C)(F)F. The fourth-order valence-electron chi connectivity index (χ4n) is 1.36. The van der Waals surface area contributed by atoms with Crippen molar-refractivity contribution in [2.45, 2.75) is 51.7 Å². The van der Waals surface area contributed by atoms with Crippen molar-refractivity contribution in [1.29, 1.82) is 0 Å². The summed E-state index contributed by atoms with van der Waals surface area (Å²) in [6.07, 6.45) is -1.32. The number of hydrogen-bond donors (Lipinski definition) is 0. The van der Waals surface area contributed by atoms with Crippen LogP contribution in [-0.2, 0) is 9.53 Å². The molecular formula is C10H15F2NO3. The van der Waals surface area contributed by atoms with Gasteiger partial charge in [0.25, 0.3) is 5.92 Å². The van der Waals surface area contributed by atoms with E-state index in [4.69, 9.17) is 4.74 Å². The molecule has 1 rings (SSSR count). The molecule has 0 unspecified atom stereocenters. The van der Waals surface area contributed by atoms with Gasteiger partial charge in [0.1, 0.15) is 11.6 Å². The fraction of sp³-hybridized carbons (Fsp3) is 0.800. The number of β-lactam (4-membered cyclic amide) rings is 1. The second-order valence-corrected chi connectivity index (χ2v) is 4.92. The summed E-state index contributed by atoms with van der Waals surface area (Å²) in [7, 11) is 0. The van der Waals surface area contributed by atoms with Crippen LogP contribution in [-0.4, -0.2) is 34.5 Å². The molecule has 0 radical (unpaired) electrons. The van der Waals surface area contributed by atoms with Crippen molar-refractivity contribution >= 4 is 12.0 Å². The number of alkyl halides is 2. The molecule has 1 fully saturated rings. The van der Waals surface area contributed by atoms with Gasteiger partial charge in [0.15, 0.2) is 0 Å². The molecule has 4 nitrogen and oxygen atoms in total. The minimum atomic E-state index is -3.09. The highest BCUT2D eigenvalue weighted by Gasteiger charge is 2.53. The maximum Gasteiger partial charge on any atom is 0.417 e. The van der Waals surface area contributed by atoms with Gasteiger partial charge in [-0.1, -0.05) is 0 Å². The summed E-state index contributed by atoms with van der Waals surface area (Å²) < 4.78 is 30.8. The Bertz CT molecular complexity index is 317. The van der Waals surface area contributed by atoms with Crippen molar-refractivity contribution in [1.82, 2.24) is 4.90 Å². The van der Waals surface area contributed by atoms with Crippen LogP contribution in [0, 0.1) is 0 Å². The number of nitrogens with zero attached hydrogens (tertiary/aromatic N) is 1. The maximum atomic E-state index is 13.0. The zero-order chi connectivity index (χ0) is 12.7.